The third-order valence-electron chi connectivity index (χ3n) is 7.18. The molecule has 1 aliphatic carbocycles. The van der Waals surface area contributed by atoms with E-state index < -0.39 is 47.0 Å². The number of thioether (sulfide) groups is 1. The van der Waals surface area contributed by atoms with E-state index in [9.17, 15) is 23.9 Å². The molecule has 1 saturated carbocycles. The number of rotatable bonds is 9. The number of carbonyl (C=O) groups excluding carboxylic acids is 3. The molecule has 0 bridgehead atoms. The van der Waals surface area contributed by atoms with Gasteiger partial charge >= 0.3 is 0 Å². The van der Waals surface area contributed by atoms with Gasteiger partial charge in [0.2, 0.25) is 11.8 Å². The van der Waals surface area contributed by atoms with E-state index in [0.717, 1.165) is 27.3 Å². The predicted molar refractivity (Wildman–Crippen MR) is 149 cm³/mol. The molecule has 3 amide bonds. The Morgan fingerprint density at radius 3 is 2.50 bits per heavy atom. The molecule has 2 fully saturated rings. The summed E-state index contributed by atoms with van der Waals surface area (Å²) in [6, 6.07) is 4.01. The Hall–Kier alpha value is -2.72. The first-order valence-corrected chi connectivity index (χ1v) is 14.0. The van der Waals surface area contributed by atoms with Crippen LogP contribution >= 0.6 is 11.8 Å². The third-order valence-corrected chi connectivity index (χ3v) is 8.12. The SMILES string of the molecule is C=N/C(C)=C(\SC)c1ccc(CNC(=O)[C@@H]2C[C@@H](O)CN2C(=O)[C@@H](NC(=O)C2(F)CC2)C(C)(C)C)c(C)c1. The molecule has 1 heterocycles. The molecule has 1 aliphatic heterocycles. The van der Waals surface area contributed by atoms with E-state index in [2.05, 4.69) is 22.3 Å². The first kappa shape index (κ1) is 29.8. The van der Waals surface area contributed by atoms with Gasteiger partial charge in [0.15, 0.2) is 5.67 Å². The lowest BCUT2D eigenvalue weighted by atomic mass is 9.85. The predicted octanol–water partition coefficient (Wildman–Crippen LogP) is 3.36. The zero-order chi connectivity index (χ0) is 28.4. The van der Waals surface area contributed by atoms with Gasteiger partial charge in [0.1, 0.15) is 12.1 Å². The molecule has 3 N–H and O–H groups in total. The molecular formula is C28H39FN4O4S. The minimum atomic E-state index is -1.92. The van der Waals surface area contributed by atoms with Gasteiger partial charge in [-0.3, -0.25) is 19.4 Å². The van der Waals surface area contributed by atoms with Crippen LogP contribution in [0.5, 0.6) is 0 Å². The number of hydrogen-bond acceptors (Lipinski definition) is 6. The zero-order valence-electron chi connectivity index (χ0n) is 23.1. The maximum absolute atomic E-state index is 14.3. The summed E-state index contributed by atoms with van der Waals surface area (Å²) in [6.45, 7) is 13.0. The fourth-order valence-corrected chi connectivity index (χ4v) is 5.32. The van der Waals surface area contributed by atoms with E-state index in [4.69, 9.17) is 0 Å². The number of hydrogen-bond donors (Lipinski definition) is 3. The van der Waals surface area contributed by atoms with Crippen LogP contribution in [-0.4, -0.2) is 71.1 Å². The van der Waals surface area contributed by atoms with Gasteiger partial charge in [-0.05, 0) is 61.8 Å². The largest absolute Gasteiger partial charge is 0.391 e. The van der Waals surface area contributed by atoms with Crippen molar-refractivity contribution in [3.8, 4) is 0 Å². The number of allylic oxidation sites excluding steroid dienone is 1. The minimum Gasteiger partial charge on any atom is -0.391 e. The lowest BCUT2D eigenvalue weighted by Gasteiger charge is -2.35. The molecule has 0 unspecified atom stereocenters. The van der Waals surface area contributed by atoms with E-state index in [1.54, 1.807) is 32.5 Å². The Balaban J connectivity index is 1.73. The van der Waals surface area contributed by atoms with Crippen molar-refractivity contribution >= 4 is 41.1 Å². The van der Waals surface area contributed by atoms with Crippen molar-refractivity contribution in [2.45, 2.75) is 84.3 Å². The second kappa shape index (κ2) is 11.6. The van der Waals surface area contributed by atoms with Crippen molar-refractivity contribution in [2.75, 3.05) is 12.8 Å². The van der Waals surface area contributed by atoms with Crippen molar-refractivity contribution in [1.82, 2.24) is 15.5 Å². The number of aliphatic imine (C=N–C) groups is 1. The first-order chi connectivity index (χ1) is 17.7. The number of nitrogens with one attached hydrogen (secondary N) is 2. The van der Waals surface area contributed by atoms with Crippen molar-refractivity contribution in [3.63, 3.8) is 0 Å². The van der Waals surface area contributed by atoms with Gasteiger partial charge in [0.05, 0.1) is 11.8 Å². The number of aryl methyl sites for hydroxylation is 1. The Morgan fingerprint density at radius 2 is 1.97 bits per heavy atom. The summed E-state index contributed by atoms with van der Waals surface area (Å²) in [4.78, 5) is 45.5. The summed E-state index contributed by atoms with van der Waals surface area (Å²) in [6.07, 6.45) is 1.47. The zero-order valence-corrected chi connectivity index (χ0v) is 23.9. The molecule has 1 aromatic carbocycles. The van der Waals surface area contributed by atoms with E-state index in [0.29, 0.717) is 0 Å². The van der Waals surface area contributed by atoms with E-state index in [1.165, 1.54) is 4.90 Å². The molecule has 0 radical (unpaired) electrons. The summed E-state index contributed by atoms with van der Waals surface area (Å²) in [5.74, 6) is -1.70. The monoisotopic (exact) mass is 546 g/mol. The molecule has 0 spiro atoms. The Kier molecular flexibility index (Phi) is 9.08. The highest BCUT2D eigenvalue weighted by Gasteiger charge is 2.53. The summed E-state index contributed by atoms with van der Waals surface area (Å²) in [5, 5.41) is 15.8. The van der Waals surface area contributed by atoms with Crippen LogP contribution in [0.2, 0.25) is 0 Å². The number of benzene rings is 1. The number of amides is 3. The number of carbonyl (C=O) groups is 3. The fourth-order valence-electron chi connectivity index (χ4n) is 4.60. The molecular weight excluding hydrogens is 507 g/mol. The summed E-state index contributed by atoms with van der Waals surface area (Å²) >= 11 is 1.59. The van der Waals surface area contributed by atoms with Crippen molar-refractivity contribution < 1.29 is 23.9 Å². The average Bonchev–Trinajstić information content (AvgIpc) is 3.49. The maximum Gasteiger partial charge on any atom is 0.258 e. The van der Waals surface area contributed by atoms with Gasteiger partial charge in [0, 0.05) is 24.4 Å². The fraction of sp³-hybridized carbons (Fsp3) is 0.571. The molecule has 3 rings (SSSR count). The topological polar surface area (TPSA) is 111 Å². The maximum atomic E-state index is 14.3. The average molecular weight is 547 g/mol. The Labute approximate surface area is 228 Å². The van der Waals surface area contributed by atoms with E-state index in [-0.39, 0.29) is 32.4 Å². The normalized spacial score (nSPS) is 21.8. The quantitative estimate of drug-likeness (QED) is 0.412. The van der Waals surface area contributed by atoms with E-state index in [1.807, 2.05) is 38.3 Å². The van der Waals surface area contributed by atoms with Gasteiger partial charge in [-0.15, -0.1) is 11.8 Å². The van der Waals surface area contributed by atoms with Crippen LogP contribution in [0.15, 0.2) is 28.9 Å². The third kappa shape index (κ3) is 6.64. The Morgan fingerprint density at radius 1 is 1.32 bits per heavy atom. The standard InChI is InChI=1S/C28H39FN4O4S/c1-16-12-18(22(38-7)17(2)30-6)8-9-19(16)14-31-24(35)21-13-20(34)15-33(21)25(36)23(27(3,4)5)32-26(37)28(29)10-11-28/h8-9,12,20-21,23,34H,6,10-11,13-15H2,1-5,7H3,(H,31,35)(H,32,37)/b22-17-/t20-,21+,23-/m1/s1. The lowest BCUT2D eigenvalue weighted by molar-refractivity contribution is -0.145. The first-order valence-electron chi connectivity index (χ1n) is 12.8. The summed E-state index contributed by atoms with van der Waals surface area (Å²) in [7, 11) is 0. The summed E-state index contributed by atoms with van der Waals surface area (Å²) in [5.41, 5.74) is 1.11. The second-order valence-electron chi connectivity index (χ2n) is 11.3. The number of likely N-dealkylation sites (tertiary alicyclic amines) is 1. The van der Waals surface area contributed by atoms with Crippen LogP contribution in [0.3, 0.4) is 0 Å². The van der Waals surface area contributed by atoms with Crippen LogP contribution in [0, 0.1) is 12.3 Å². The highest BCUT2D eigenvalue weighted by molar-refractivity contribution is 8.07. The number of β-amino-alcohol motifs (C(OH)–C–C–N with tert-alkyl or cyclic N) is 1. The Bertz CT molecular complexity index is 1140. The van der Waals surface area contributed by atoms with Gasteiger partial charge in [-0.2, -0.15) is 0 Å². The van der Waals surface area contributed by atoms with Crippen LogP contribution < -0.4 is 10.6 Å². The minimum absolute atomic E-state index is 0.0334. The second-order valence-corrected chi connectivity index (χ2v) is 12.1. The highest BCUT2D eigenvalue weighted by atomic mass is 32.2. The molecule has 208 valence electrons. The molecule has 2 aliphatic rings. The molecule has 1 aromatic rings. The number of nitrogens with zero attached hydrogens (tertiary/aromatic N) is 2. The van der Waals surface area contributed by atoms with E-state index >= 15 is 0 Å². The molecule has 38 heavy (non-hydrogen) atoms. The van der Waals surface area contributed by atoms with Crippen molar-refractivity contribution in [3.05, 3.63) is 40.6 Å². The lowest BCUT2D eigenvalue weighted by Crippen LogP contribution is -2.59. The summed E-state index contributed by atoms with van der Waals surface area (Å²) < 4.78 is 14.3. The van der Waals surface area contributed by atoms with Crippen LogP contribution in [0.25, 0.3) is 4.91 Å². The van der Waals surface area contributed by atoms with Crippen LogP contribution in [0.1, 0.15) is 63.6 Å². The number of halogens is 1. The van der Waals surface area contributed by atoms with Gasteiger partial charge in [-0.25, -0.2) is 4.39 Å². The number of alkyl halides is 1. The highest BCUT2D eigenvalue weighted by Crippen LogP contribution is 2.40. The molecule has 8 nitrogen and oxygen atoms in total. The van der Waals surface area contributed by atoms with Crippen LogP contribution in [-0.2, 0) is 20.9 Å². The van der Waals surface area contributed by atoms with Gasteiger partial charge < -0.3 is 20.6 Å². The number of aliphatic hydroxyl groups is 1. The van der Waals surface area contributed by atoms with Gasteiger partial charge in [-0.1, -0.05) is 39.0 Å². The van der Waals surface area contributed by atoms with Gasteiger partial charge in [0.25, 0.3) is 5.91 Å². The van der Waals surface area contributed by atoms with Crippen molar-refractivity contribution in [1.29, 1.82) is 0 Å². The molecule has 3 atom stereocenters. The molecule has 0 aromatic heterocycles. The smallest absolute Gasteiger partial charge is 0.258 e. The van der Waals surface area contributed by atoms with Crippen LogP contribution in [0.4, 0.5) is 4.39 Å². The molecule has 10 heteroatoms. The number of aliphatic hydroxyl groups excluding tert-OH is 1. The van der Waals surface area contributed by atoms with Crippen molar-refractivity contribution in [2.24, 2.45) is 10.4 Å². The molecule has 1 saturated heterocycles.